The van der Waals surface area contributed by atoms with Crippen LogP contribution in [0.15, 0.2) is 18.2 Å². The van der Waals surface area contributed by atoms with E-state index in [1.165, 1.54) is 13.1 Å². The summed E-state index contributed by atoms with van der Waals surface area (Å²) in [5.41, 5.74) is -0.255. The zero-order valence-electron chi connectivity index (χ0n) is 9.60. The van der Waals surface area contributed by atoms with Crippen LogP contribution in [0.25, 0.3) is 0 Å². The molecular formula is C10H13FN2O4S. The molecular weight excluding hydrogens is 263 g/mol. The maximum atomic E-state index is 13.3. The van der Waals surface area contributed by atoms with Gasteiger partial charge in [-0.15, -0.1) is 0 Å². The zero-order chi connectivity index (χ0) is 13.8. The Kier molecular flexibility index (Phi) is 4.62. The van der Waals surface area contributed by atoms with Crippen molar-refractivity contribution in [1.82, 2.24) is 10.0 Å². The third-order valence-corrected chi connectivity index (χ3v) is 3.53. The molecule has 8 heteroatoms. The quantitative estimate of drug-likeness (QED) is 0.694. The van der Waals surface area contributed by atoms with Gasteiger partial charge in [0, 0.05) is 12.6 Å². The Morgan fingerprint density at radius 3 is 2.67 bits per heavy atom. The molecule has 0 spiro atoms. The van der Waals surface area contributed by atoms with Crippen molar-refractivity contribution in [3.63, 3.8) is 0 Å². The van der Waals surface area contributed by atoms with Gasteiger partial charge in [-0.1, -0.05) is 0 Å². The summed E-state index contributed by atoms with van der Waals surface area (Å²) in [6.45, 7) is -0.137. The molecule has 0 aliphatic heterocycles. The Morgan fingerprint density at radius 2 is 2.11 bits per heavy atom. The molecule has 0 aliphatic rings. The van der Waals surface area contributed by atoms with Gasteiger partial charge in [-0.25, -0.2) is 17.5 Å². The highest BCUT2D eigenvalue weighted by Crippen LogP contribution is 2.14. The summed E-state index contributed by atoms with van der Waals surface area (Å²) < 4.78 is 37.5. The highest BCUT2D eigenvalue weighted by atomic mass is 32.2. The smallest absolute Gasteiger partial charge is 0.254 e. The average molecular weight is 276 g/mol. The van der Waals surface area contributed by atoms with Crippen LogP contribution in [0.4, 0.5) is 4.39 Å². The van der Waals surface area contributed by atoms with E-state index in [-0.39, 0.29) is 23.6 Å². The van der Waals surface area contributed by atoms with E-state index in [1.54, 1.807) is 0 Å². The second-order valence-electron chi connectivity index (χ2n) is 3.44. The number of phenolic OH excluding ortho intramolecular Hbond substituents is 1. The first-order chi connectivity index (χ1) is 8.35. The summed E-state index contributed by atoms with van der Waals surface area (Å²) in [6, 6.07) is 3.09. The molecule has 1 rings (SSSR count). The Morgan fingerprint density at radius 1 is 1.44 bits per heavy atom. The van der Waals surface area contributed by atoms with E-state index in [4.69, 9.17) is 5.11 Å². The van der Waals surface area contributed by atoms with Crippen LogP contribution in [-0.4, -0.2) is 38.8 Å². The number of nitrogens with one attached hydrogen (secondary N) is 2. The highest BCUT2D eigenvalue weighted by molar-refractivity contribution is 7.89. The summed E-state index contributed by atoms with van der Waals surface area (Å²) in [5, 5.41) is 11.2. The Labute approximate surface area is 104 Å². The van der Waals surface area contributed by atoms with Gasteiger partial charge < -0.3 is 10.4 Å². The van der Waals surface area contributed by atoms with Gasteiger partial charge >= 0.3 is 0 Å². The van der Waals surface area contributed by atoms with Crippen molar-refractivity contribution in [1.29, 1.82) is 0 Å². The van der Waals surface area contributed by atoms with Gasteiger partial charge in [0.15, 0.2) is 0 Å². The number of amides is 1. The number of halogens is 1. The van der Waals surface area contributed by atoms with Crippen LogP contribution in [0, 0.1) is 5.82 Å². The molecule has 0 fully saturated rings. The number of hydrogen-bond acceptors (Lipinski definition) is 4. The lowest BCUT2D eigenvalue weighted by atomic mass is 10.2. The normalized spacial score (nSPS) is 11.2. The van der Waals surface area contributed by atoms with Gasteiger partial charge in [-0.2, -0.15) is 0 Å². The standard InChI is InChI=1S/C10H13FN2O4S/c1-12-18(16,17)5-4-13-10(15)8-3-2-7(14)6-9(8)11/h2-3,6,12,14H,4-5H2,1H3,(H,13,15). The SMILES string of the molecule is CNS(=O)(=O)CCNC(=O)c1ccc(O)cc1F. The molecule has 0 saturated carbocycles. The van der Waals surface area contributed by atoms with Crippen molar-refractivity contribution in [2.45, 2.75) is 0 Å². The third kappa shape index (κ3) is 3.97. The van der Waals surface area contributed by atoms with Crippen molar-refractivity contribution < 1.29 is 22.7 Å². The maximum absolute atomic E-state index is 13.3. The molecule has 0 saturated heterocycles. The molecule has 18 heavy (non-hydrogen) atoms. The number of hydrogen-bond donors (Lipinski definition) is 3. The molecule has 0 aliphatic carbocycles. The number of aromatic hydroxyl groups is 1. The van der Waals surface area contributed by atoms with Gasteiger partial charge in [-0.3, -0.25) is 4.79 Å². The van der Waals surface area contributed by atoms with E-state index in [2.05, 4.69) is 10.0 Å². The lowest BCUT2D eigenvalue weighted by molar-refractivity contribution is 0.0952. The molecule has 3 N–H and O–H groups in total. The van der Waals surface area contributed by atoms with E-state index < -0.39 is 21.7 Å². The van der Waals surface area contributed by atoms with E-state index in [0.717, 1.165) is 12.1 Å². The van der Waals surface area contributed by atoms with Crippen LogP contribution >= 0.6 is 0 Å². The van der Waals surface area contributed by atoms with Gasteiger partial charge in [0.1, 0.15) is 11.6 Å². The summed E-state index contributed by atoms with van der Waals surface area (Å²) in [5.74, 6) is -2.20. The fourth-order valence-electron chi connectivity index (χ4n) is 1.18. The van der Waals surface area contributed by atoms with Crippen LogP contribution in [0.3, 0.4) is 0 Å². The maximum Gasteiger partial charge on any atom is 0.254 e. The number of carbonyl (C=O) groups excluding carboxylic acids is 1. The molecule has 100 valence electrons. The van der Waals surface area contributed by atoms with Gasteiger partial charge in [0.25, 0.3) is 5.91 Å². The van der Waals surface area contributed by atoms with Crippen LogP contribution < -0.4 is 10.0 Å². The number of phenols is 1. The third-order valence-electron chi connectivity index (χ3n) is 2.16. The van der Waals surface area contributed by atoms with Gasteiger partial charge in [0.05, 0.1) is 11.3 Å². The van der Waals surface area contributed by atoms with Crippen molar-refractivity contribution in [3.8, 4) is 5.75 Å². The lowest BCUT2D eigenvalue weighted by Crippen LogP contribution is -2.33. The molecule has 0 heterocycles. The number of rotatable bonds is 5. The molecule has 0 atom stereocenters. The fourth-order valence-corrected chi connectivity index (χ4v) is 1.76. The topological polar surface area (TPSA) is 95.5 Å². The first-order valence-corrected chi connectivity index (χ1v) is 6.69. The van der Waals surface area contributed by atoms with Crippen molar-refractivity contribution in [3.05, 3.63) is 29.6 Å². The predicted octanol–water partition coefficient (Wildman–Crippen LogP) is -0.190. The van der Waals surface area contributed by atoms with Crippen molar-refractivity contribution >= 4 is 15.9 Å². The van der Waals surface area contributed by atoms with Crippen LogP contribution in [-0.2, 0) is 10.0 Å². The second kappa shape index (κ2) is 5.78. The lowest BCUT2D eigenvalue weighted by Gasteiger charge is -2.06. The molecule has 0 radical (unpaired) electrons. The van der Waals surface area contributed by atoms with Crippen molar-refractivity contribution in [2.75, 3.05) is 19.3 Å². The molecule has 6 nitrogen and oxygen atoms in total. The summed E-state index contributed by atoms with van der Waals surface area (Å²) in [4.78, 5) is 11.5. The monoisotopic (exact) mass is 276 g/mol. The molecule has 1 amide bonds. The van der Waals surface area contributed by atoms with E-state index >= 15 is 0 Å². The zero-order valence-corrected chi connectivity index (χ0v) is 10.4. The molecule has 0 bridgehead atoms. The minimum atomic E-state index is -3.41. The number of sulfonamides is 1. The average Bonchev–Trinajstić information content (AvgIpc) is 2.28. The largest absolute Gasteiger partial charge is 0.508 e. The number of benzene rings is 1. The summed E-state index contributed by atoms with van der Waals surface area (Å²) in [7, 11) is -2.15. The minimum absolute atomic E-state index is 0.137. The van der Waals surface area contributed by atoms with Crippen LogP contribution in [0.5, 0.6) is 5.75 Å². The van der Waals surface area contributed by atoms with Gasteiger partial charge in [0.2, 0.25) is 10.0 Å². The summed E-state index contributed by atoms with van der Waals surface area (Å²) >= 11 is 0. The second-order valence-corrected chi connectivity index (χ2v) is 5.49. The van der Waals surface area contributed by atoms with E-state index in [9.17, 15) is 17.6 Å². The number of carbonyl (C=O) groups is 1. The van der Waals surface area contributed by atoms with E-state index in [0.29, 0.717) is 0 Å². The van der Waals surface area contributed by atoms with Crippen LogP contribution in [0.1, 0.15) is 10.4 Å². The fraction of sp³-hybridized carbons (Fsp3) is 0.300. The predicted molar refractivity (Wildman–Crippen MR) is 63.2 cm³/mol. The Hall–Kier alpha value is -1.67. The minimum Gasteiger partial charge on any atom is -0.508 e. The molecule has 0 aromatic heterocycles. The molecule has 0 unspecified atom stereocenters. The van der Waals surface area contributed by atoms with Crippen LogP contribution in [0.2, 0.25) is 0 Å². The molecule has 1 aromatic rings. The first-order valence-electron chi connectivity index (χ1n) is 5.03. The van der Waals surface area contributed by atoms with E-state index in [1.807, 2.05) is 0 Å². The molecule has 1 aromatic carbocycles. The van der Waals surface area contributed by atoms with Gasteiger partial charge in [-0.05, 0) is 19.2 Å². The van der Waals surface area contributed by atoms with Crippen molar-refractivity contribution in [2.24, 2.45) is 0 Å². The highest BCUT2D eigenvalue weighted by Gasteiger charge is 2.13. The summed E-state index contributed by atoms with van der Waals surface area (Å²) in [6.07, 6.45) is 0. The Bertz CT molecular complexity index is 545. The Balaban J connectivity index is 2.61. The first kappa shape index (κ1) is 14.4.